The maximum Gasteiger partial charge on any atom is 0.0602 e. The predicted octanol–water partition coefficient (Wildman–Crippen LogP) is 12.4. The molecule has 64 heavy (non-hydrogen) atoms. The zero-order chi connectivity index (χ0) is 43.2. The van der Waals surface area contributed by atoms with Crippen LogP contribution in [0.2, 0.25) is 0 Å². The van der Waals surface area contributed by atoms with E-state index in [1.165, 1.54) is 44.5 Å². The summed E-state index contributed by atoms with van der Waals surface area (Å²) in [6.45, 7) is 7.12. The molecular formula is C60H60N4. The number of benzene rings is 8. The van der Waals surface area contributed by atoms with Crippen LogP contribution in [0, 0.1) is 0 Å². The van der Waals surface area contributed by atoms with Crippen LogP contribution in [0.15, 0.2) is 243 Å². The Bertz CT molecular complexity index is 1990. The largest absolute Gasteiger partial charge is 0.290 e. The van der Waals surface area contributed by atoms with Crippen molar-refractivity contribution in [2.45, 2.75) is 24.2 Å². The monoisotopic (exact) mass is 836 g/mol. The Balaban J connectivity index is 1.19. The third-order valence-corrected chi connectivity index (χ3v) is 13.1. The van der Waals surface area contributed by atoms with Crippen LogP contribution in [0.1, 0.15) is 68.7 Å². The van der Waals surface area contributed by atoms with E-state index in [4.69, 9.17) is 0 Å². The van der Waals surface area contributed by atoms with E-state index in [2.05, 4.69) is 262 Å². The molecule has 0 aliphatic carbocycles. The molecule has 4 heteroatoms. The first kappa shape index (κ1) is 42.9. The van der Waals surface area contributed by atoms with Gasteiger partial charge < -0.3 is 0 Å². The summed E-state index contributed by atoms with van der Waals surface area (Å²) in [5.74, 6) is 0. The van der Waals surface area contributed by atoms with Crippen molar-refractivity contribution in [2.24, 2.45) is 0 Å². The Morgan fingerprint density at radius 2 is 0.281 bits per heavy atom. The van der Waals surface area contributed by atoms with Crippen molar-refractivity contribution in [3.8, 4) is 0 Å². The normalized spacial score (nSPS) is 15.3. The zero-order valence-corrected chi connectivity index (χ0v) is 36.8. The molecule has 320 valence electrons. The molecule has 0 saturated carbocycles. The van der Waals surface area contributed by atoms with E-state index in [0.717, 1.165) is 52.4 Å². The lowest BCUT2D eigenvalue weighted by molar-refractivity contribution is 0.0898. The summed E-state index contributed by atoms with van der Waals surface area (Å²) in [4.78, 5) is 11.1. The topological polar surface area (TPSA) is 13.0 Å². The van der Waals surface area contributed by atoms with Gasteiger partial charge >= 0.3 is 0 Å². The number of rotatable bonds is 12. The molecule has 1 fully saturated rings. The van der Waals surface area contributed by atoms with Crippen molar-refractivity contribution in [3.05, 3.63) is 287 Å². The van der Waals surface area contributed by atoms with Gasteiger partial charge in [-0.05, 0) is 44.5 Å². The summed E-state index contributed by atoms with van der Waals surface area (Å²) < 4.78 is 0. The SMILES string of the molecule is c1ccc(C(c2ccccc2)N2CCN(C(c3ccccc3)c3ccccc3)CCN(C(c3ccccc3)c3ccccc3)CCN(C(c3ccccc3)c3ccccc3)CC2)cc1. The van der Waals surface area contributed by atoms with Crippen LogP contribution in [0.25, 0.3) is 0 Å². The highest BCUT2D eigenvalue weighted by molar-refractivity contribution is 5.36. The minimum atomic E-state index is 0.0879. The van der Waals surface area contributed by atoms with Crippen molar-refractivity contribution in [2.75, 3.05) is 52.4 Å². The van der Waals surface area contributed by atoms with Crippen molar-refractivity contribution >= 4 is 0 Å². The molecule has 1 aliphatic heterocycles. The average molecular weight is 837 g/mol. The molecule has 0 unspecified atom stereocenters. The molecule has 8 aromatic rings. The number of hydrogen-bond acceptors (Lipinski definition) is 4. The molecule has 1 aliphatic rings. The molecule has 0 N–H and O–H groups in total. The molecule has 0 radical (unpaired) electrons. The first-order valence-electron chi connectivity index (χ1n) is 23.2. The molecule has 0 atom stereocenters. The maximum absolute atomic E-state index is 2.78. The van der Waals surface area contributed by atoms with Gasteiger partial charge in [0.15, 0.2) is 0 Å². The van der Waals surface area contributed by atoms with Gasteiger partial charge in [-0.1, -0.05) is 243 Å². The highest BCUT2D eigenvalue weighted by Gasteiger charge is 2.32. The van der Waals surface area contributed by atoms with E-state index in [0.29, 0.717) is 0 Å². The van der Waals surface area contributed by atoms with E-state index < -0.39 is 0 Å². The van der Waals surface area contributed by atoms with Crippen LogP contribution < -0.4 is 0 Å². The van der Waals surface area contributed by atoms with E-state index in [9.17, 15) is 0 Å². The lowest BCUT2D eigenvalue weighted by Crippen LogP contribution is -2.49. The van der Waals surface area contributed by atoms with Crippen LogP contribution in [0.5, 0.6) is 0 Å². The third kappa shape index (κ3) is 10.5. The molecule has 0 amide bonds. The van der Waals surface area contributed by atoms with Crippen LogP contribution in [0.3, 0.4) is 0 Å². The first-order chi connectivity index (χ1) is 31.8. The van der Waals surface area contributed by atoms with Crippen LogP contribution in [-0.2, 0) is 0 Å². The Morgan fingerprint density at radius 3 is 0.391 bits per heavy atom. The minimum Gasteiger partial charge on any atom is -0.290 e. The molecule has 9 rings (SSSR count). The van der Waals surface area contributed by atoms with Gasteiger partial charge in [0.25, 0.3) is 0 Å². The fourth-order valence-corrected chi connectivity index (χ4v) is 10.0. The molecule has 4 nitrogen and oxygen atoms in total. The molecule has 1 heterocycles. The maximum atomic E-state index is 2.78. The Labute approximate surface area is 381 Å². The highest BCUT2D eigenvalue weighted by atomic mass is 15.3. The summed E-state index contributed by atoms with van der Waals surface area (Å²) in [6.07, 6.45) is 0. The second-order valence-electron chi connectivity index (χ2n) is 17.0. The molecule has 0 spiro atoms. The molecule has 1 saturated heterocycles. The summed E-state index contributed by atoms with van der Waals surface area (Å²) >= 11 is 0. The van der Waals surface area contributed by atoms with Crippen LogP contribution >= 0.6 is 0 Å². The van der Waals surface area contributed by atoms with Crippen molar-refractivity contribution < 1.29 is 0 Å². The van der Waals surface area contributed by atoms with E-state index >= 15 is 0 Å². The van der Waals surface area contributed by atoms with Crippen LogP contribution in [-0.4, -0.2) is 72.0 Å². The Hall–Kier alpha value is -6.40. The van der Waals surface area contributed by atoms with Gasteiger partial charge in [0, 0.05) is 52.4 Å². The standard InChI is InChI=1S/C60H60N4/c1-9-25-49(26-10-1)57(50-27-11-2-12-28-50)61-41-43-62(58(51-29-13-3-14-30-51)52-31-15-4-16-32-52)45-47-64(60(55-37-21-7-22-38-55)56-39-23-8-24-40-56)48-46-63(44-42-61)59(53-33-17-5-18-34-53)54-35-19-6-20-36-54/h1-40,57-60H,41-48H2. The summed E-state index contributed by atoms with van der Waals surface area (Å²) in [6, 6.07) is 89.9. The number of nitrogens with zero attached hydrogens (tertiary/aromatic N) is 4. The first-order valence-corrected chi connectivity index (χ1v) is 23.2. The Morgan fingerprint density at radius 1 is 0.172 bits per heavy atom. The second kappa shape index (κ2) is 21.8. The van der Waals surface area contributed by atoms with Gasteiger partial charge in [0.2, 0.25) is 0 Å². The predicted molar refractivity (Wildman–Crippen MR) is 265 cm³/mol. The van der Waals surface area contributed by atoms with Gasteiger partial charge in [-0.25, -0.2) is 0 Å². The van der Waals surface area contributed by atoms with Crippen molar-refractivity contribution in [1.29, 1.82) is 0 Å². The fourth-order valence-electron chi connectivity index (χ4n) is 10.0. The smallest absolute Gasteiger partial charge is 0.0602 e. The lowest BCUT2D eigenvalue weighted by atomic mass is 9.94. The quantitative estimate of drug-likeness (QED) is 0.122. The second-order valence-corrected chi connectivity index (χ2v) is 17.0. The minimum absolute atomic E-state index is 0.0879. The third-order valence-electron chi connectivity index (χ3n) is 13.1. The Kier molecular flexibility index (Phi) is 14.6. The number of hydrogen-bond donors (Lipinski definition) is 0. The van der Waals surface area contributed by atoms with E-state index in [1.807, 2.05) is 0 Å². The molecule has 0 bridgehead atoms. The van der Waals surface area contributed by atoms with Crippen LogP contribution in [0.4, 0.5) is 0 Å². The van der Waals surface area contributed by atoms with E-state index in [1.54, 1.807) is 0 Å². The highest BCUT2D eigenvalue weighted by Crippen LogP contribution is 2.35. The summed E-state index contributed by atoms with van der Waals surface area (Å²) in [5.41, 5.74) is 10.6. The van der Waals surface area contributed by atoms with Crippen molar-refractivity contribution in [3.63, 3.8) is 0 Å². The molecular weight excluding hydrogens is 777 g/mol. The van der Waals surface area contributed by atoms with Gasteiger partial charge in [0.1, 0.15) is 0 Å². The van der Waals surface area contributed by atoms with Gasteiger partial charge in [-0.15, -0.1) is 0 Å². The van der Waals surface area contributed by atoms with Gasteiger partial charge in [-0.2, -0.15) is 0 Å². The van der Waals surface area contributed by atoms with Gasteiger partial charge in [0.05, 0.1) is 24.2 Å². The molecule has 0 aromatic heterocycles. The lowest BCUT2D eigenvalue weighted by Gasteiger charge is -2.43. The van der Waals surface area contributed by atoms with Crippen molar-refractivity contribution in [1.82, 2.24) is 19.6 Å². The van der Waals surface area contributed by atoms with Gasteiger partial charge in [-0.3, -0.25) is 19.6 Å². The summed E-state index contributed by atoms with van der Waals surface area (Å²) in [7, 11) is 0. The van der Waals surface area contributed by atoms with E-state index in [-0.39, 0.29) is 24.2 Å². The fraction of sp³-hybridized carbons (Fsp3) is 0.200. The average Bonchev–Trinajstić information content (AvgIpc) is 3.37. The molecule has 8 aromatic carbocycles. The zero-order valence-electron chi connectivity index (χ0n) is 36.8. The summed E-state index contributed by atoms with van der Waals surface area (Å²) in [5, 5.41) is 0.